The molecular formula is C29H34N4O2S. The van der Waals surface area contributed by atoms with Gasteiger partial charge in [0.1, 0.15) is 11.5 Å². The molecule has 1 aliphatic carbocycles. The quantitative estimate of drug-likeness (QED) is 0.430. The number of carbonyl (C=O) groups is 2. The van der Waals surface area contributed by atoms with E-state index in [2.05, 4.69) is 53.2 Å². The average Bonchev–Trinajstić information content (AvgIpc) is 2.84. The molecule has 2 aromatic heterocycles. The molecule has 36 heavy (non-hydrogen) atoms. The first-order chi connectivity index (χ1) is 17.1. The number of carbonyl (C=O) groups excluding carboxylic acids is 2. The summed E-state index contributed by atoms with van der Waals surface area (Å²) in [6, 6.07) is 13.5. The van der Waals surface area contributed by atoms with Crippen LogP contribution >= 0.6 is 11.8 Å². The van der Waals surface area contributed by atoms with Crippen molar-refractivity contribution in [2.75, 3.05) is 5.75 Å². The fourth-order valence-electron chi connectivity index (χ4n) is 5.19. The number of Topliss-reactive ketones (excluding diaryl/α,β-unsaturated/α-hetero) is 1. The number of hydrogen-bond acceptors (Lipinski definition) is 6. The third kappa shape index (κ3) is 5.07. The highest BCUT2D eigenvalue weighted by atomic mass is 32.2. The normalized spacial score (nSPS) is 19.3. The molecule has 7 heteroatoms. The molecule has 0 saturated carbocycles. The van der Waals surface area contributed by atoms with Crippen molar-refractivity contribution < 1.29 is 9.59 Å². The highest BCUT2D eigenvalue weighted by Gasteiger charge is 2.50. The van der Waals surface area contributed by atoms with E-state index in [1.54, 1.807) is 23.9 Å². The van der Waals surface area contributed by atoms with E-state index in [0.717, 1.165) is 22.7 Å². The summed E-state index contributed by atoms with van der Waals surface area (Å²) < 4.78 is 0. The molecule has 4 rings (SSSR count). The summed E-state index contributed by atoms with van der Waals surface area (Å²) in [4.78, 5) is 41.8. The molecule has 0 saturated heterocycles. The van der Waals surface area contributed by atoms with E-state index in [1.807, 2.05) is 39.0 Å². The number of nitrogens with one attached hydrogen (secondary N) is 1. The van der Waals surface area contributed by atoms with E-state index >= 15 is 0 Å². The van der Waals surface area contributed by atoms with Gasteiger partial charge in [-0.2, -0.15) is 0 Å². The van der Waals surface area contributed by atoms with E-state index in [4.69, 9.17) is 0 Å². The zero-order valence-electron chi connectivity index (χ0n) is 21.9. The Hall–Kier alpha value is -3.06. The second kappa shape index (κ2) is 10.5. The molecule has 0 spiro atoms. The van der Waals surface area contributed by atoms with Gasteiger partial charge in [0, 0.05) is 22.7 Å². The van der Waals surface area contributed by atoms with Crippen molar-refractivity contribution in [1.29, 1.82) is 0 Å². The number of amides is 1. The molecule has 3 aromatic rings. The van der Waals surface area contributed by atoms with Gasteiger partial charge in [-0.3, -0.25) is 9.59 Å². The van der Waals surface area contributed by atoms with Crippen LogP contribution in [0.25, 0.3) is 0 Å². The number of nitrogens with zero attached hydrogens (tertiary/aromatic N) is 3. The largest absolute Gasteiger partial charge is 0.347 e. The molecule has 1 aliphatic rings. The van der Waals surface area contributed by atoms with Gasteiger partial charge in [0.25, 0.3) is 5.91 Å². The number of aromatic nitrogens is 3. The summed E-state index contributed by atoms with van der Waals surface area (Å²) in [5, 5.41) is 2.96. The van der Waals surface area contributed by atoms with Gasteiger partial charge in [-0.1, -0.05) is 32.9 Å². The summed E-state index contributed by atoms with van der Waals surface area (Å²) in [6.45, 7) is 12.6. The van der Waals surface area contributed by atoms with E-state index < -0.39 is 5.41 Å². The molecule has 0 aliphatic heterocycles. The van der Waals surface area contributed by atoms with Crippen LogP contribution in [0.1, 0.15) is 77.0 Å². The van der Waals surface area contributed by atoms with Crippen LogP contribution in [0.3, 0.4) is 0 Å². The Balaban J connectivity index is 1.59. The number of thioether (sulfide) groups is 1. The minimum Gasteiger partial charge on any atom is -0.347 e. The fourth-order valence-corrected chi connectivity index (χ4v) is 5.85. The Morgan fingerprint density at radius 1 is 1.11 bits per heavy atom. The van der Waals surface area contributed by atoms with Gasteiger partial charge in [0.2, 0.25) is 0 Å². The van der Waals surface area contributed by atoms with E-state index in [9.17, 15) is 9.59 Å². The van der Waals surface area contributed by atoms with Crippen LogP contribution < -0.4 is 5.32 Å². The second-order valence-corrected chi connectivity index (χ2v) is 11.3. The lowest BCUT2D eigenvalue weighted by Crippen LogP contribution is -2.48. The van der Waals surface area contributed by atoms with Gasteiger partial charge < -0.3 is 5.32 Å². The van der Waals surface area contributed by atoms with E-state index in [1.165, 1.54) is 4.90 Å². The van der Waals surface area contributed by atoms with Crippen LogP contribution in [0.5, 0.6) is 0 Å². The van der Waals surface area contributed by atoms with Gasteiger partial charge in [-0.05, 0) is 80.7 Å². The van der Waals surface area contributed by atoms with Crippen LogP contribution in [0.2, 0.25) is 0 Å². The predicted octanol–water partition coefficient (Wildman–Crippen LogP) is 5.50. The molecule has 0 radical (unpaired) electrons. The van der Waals surface area contributed by atoms with Crippen LogP contribution in [0.4, 0.5) is 0 Å². The van der Waals surface area contributed by atoms with Gasteiger partial charge in [0.15, 0.2) is 5.78 Å². The first kappa shape index (κ1) is 26.0. The van der Waals surface area contributed by atoms with E-state index in [-0.39, 0.29) is 23.5 Å². The number of hydrogen-bond donors (Lipinski definition) is 1. The van der Waals surface area contributed by atoms with Crippen molar-refractivity contribution in [2.45, 2.75) is 64.8 Å². The Morgan fingerprint density at radius 2 is 1.83 bits per heavy atom. The molecule has 2 heterocycles. The molecule has 1 aromatic carbocycles. The Kier molecular flexibility index (Phi) is 7.59. The summed E-state index contributed by atoms with van der Waals surface area (Å²) in [7, 11) is 0. The molecular weight excluding hydrogens is 468 g/mol. The Morgan fingerprint density at radius 3 is 2.47 bits per heavy atom. The van der Waals surface area contributed by atoms with Crippen LogP contribution in [0.15, 0.2) is 47.4 Å². The van der Waals surface area contributed by atoms with Crippen molar-refractivity contribution in [3.05, 3.63) is 82.2 Å². The minimum atomic E-state index is -0.784. The van der Waals surface area contributed by atoms with Crippen LogP contribution in [-0.2, 0) is 18.4 Å². The summed E-state index contributed by atoms with van der Waals surface area (Å²) in [5.74, 6) is 1.67. The minimum absolute atomic E-state index is 0.00323. The van der Waals surface area contributed by atoms with Crippen LogP contribution in [-0.4, -0.2) is 32.4 Å². The lowest BCUT2D eigenvalue weighted by molar-refractivity contribution is 0.0757. The van der Waals surface area contributed by atoms with Gasteiger partial charge in [-0.15, -0.1) is 11.8 Å². The Labute approximate surface area is 217 Å². The summed E-state index contributed by atoms with van der Waals surface area (Å²) >= 11 is 1.79. The summed E-state index contributed by atoms with van der Waals surface area (Å²) in [5.41, 5.74) is 3.45. The lowest BCUT2D eigenvalue weighted by atomic mass is 9.60. The van der Waals surface area contributed by atoms with E-state index in [0.29, 0.717) is 35.7 Å². The van der Waals surface area contributed by atoms with Gasteiger partial charge in [0.05, 0.1) is 16.8 Å². The molecule has 6 nitrogen and oxygen atoms in total. The molecule has 1 amide bonds. The topological polar surface area (TPSA) is 84.8 Å². The monoisotopic (exact) mass is 502 g/mol. The fraction of sp³-hybridized carbons (Fsp3) is 0.414. The predicted molar refractivity (Wildman–Crippen MR) is 143 cm³/mol. The zero-order chi connectivity index (χ0) is 26.0. The molecule has 0 fully saturated rings. The molecule has 1 N–H and O–H groups in total. The highest BCUT2D eigenvalue weighted by Crippen LogP contribution is 2.44. The second-order valence-electron chi connectivity index (χ2n) is 9.98. The van der Waals surface area contributed by atoms with Crippen molar-refractivity contribution >= 4 is 23.5 Å². The highest BCUT2D eigenvalue weighted by molar-refractivity contribution is 7.99. The van der Waals surface area contributed by atoms with Crippen molar-refractivity contribution in [3.8, 4) is 0 Å². The number of rotatable bonds is 7. The molecule has 2 unspecified atom stereocenters. The van der Waals surface area contributed by atoms with Crippen LogP contribution in [0, 0.1) is 25.7 Å². The molecule has 188 valence electrons. The van der Waals surface area contributed by atoms with Gasteiger partial charge in [-0.25, -0.2) is 15.0 Å². The number of ketones is 1. The van der Waals surface area contributed by atoms with Crippen molar-refractivity contribution in [1.82, 2.24) is 20.3 Å². The maximum atomic E-state index is 13.9. The number of aryl methyl sites for hydroxylation is 2. The standard InChI is InChI=1S/C29H34N4O2S/c1-7-36-21-10-8-20(9-11-21)16-30-28(35)24-13-12-22-25(33-24)15-23(17(2)3)29(6,27(22)34)26-14-18(4)31-19(5)32-26/h8-14,17,23H,7,15-16H2,1-6H3,(H,30,35). The van der Waals surface area contributed by atoms with Crippen molar-refractivity contribution in [2.24, 2.45) is 11.8 Å². The SMILES string of the molecule is CCSc1ccc(CNC(=O)c2ccc3c(n2)CC(C(C)C)C(C)(c2cc(C)nc(C)n2)C3=O)cc1. The van der Waals surface area contributed by atoms with Gasteiger partial charge >= 0.3 is 0 Å². The summed E-state index contributed by atoms with van der Waals surface area (Å²) in [6.07, 6.45) is 0.606. The maximum absolute atomic E-state index is 13.9. The third-order valence-electron chi connectivity index (χ3n) is 7.07. The lowest BCUT2D eigenvalue weighted by Gasteiger charge is -2.42. The van der Waals surface area contributed by atoms with Crippen molar-refractivity contribution in [3.63, 3.8) is 0 Å². The average molecular weight is 503 g/mol. The number of pyridine rings is 1. The first-order valence-electron chi connectivity index (χ1n) is 12.5. The smallest absolute Gasteiger partial charge is 0.270 e. The first-order valence-corrected chi connectivity index (χ1v) is 13.5. The molecule has 2 atom stereocenters. The number of fused-ring (bicyclic) bond motifs is 1. The molecule has 0 bridgehead atoms. The zero-order valence-corrected chi connectivity index (χ0v) is 22.7. The third-order valence-corrected chi connectivity index (χ3v) is 7.96. The Bertz CT molecular complexity index is 1270. The number of benzene rings is 1. The maximum Gasteiger partial charge on any atom is 0.270 e.